The zero-order valence-corrected chi connectivity index (χ0v) is 18.6. The molecule has 172 valence electrons. The molecule has 0 spiro atoms. The van der Waals surface area contributed by atoms with Gasteiger partial charge in [0.25, 0.3) is 5.91 Å². The normalized spacial score (nSPS) is 11.2. The maximum atomic E-state index is 13.1. The van der Waals surface area contributed by atoms with Gasteiger partial charge in [0.15, 0.2) is 0 Å². The summed E-state index contributed by atoms with van der Waals surface area (Å²) in [4.78, 5) is 25.3. The summed E-state index contributed by atoms with van der Waals surface area (Å²) in [6.07, 6.45) is 3.38. The molecule has 0 aliphatic rings. The number of halogens is 1. The van der Waals surface area contributed by atoms with Gasteiger partial charge in [-0.2, -0.15) is 5.10 Å². The number of para-hydroxylation sites is 1. The second kappa shape index (κ2) is 9.61. The fourth-order valence-electron chi connectivity index (χ4n) is 4.04. The Kier molecular flexibility index (Phi) is 6.05. The first-order valence-electron chi connectivity index (χ1n) is 11.0. The van der Waals surface area contributed by atoms with Gasteiger partial charge in [-0.1, -0.05) is 54.6 Å². The molecule has 6 nitrogen and oxygen atoms in total. The Hall–Kier alpha value is -4.78. The Morgan fingerprint density at radius 1 is 0.857 bits per heavy atom. The predicted octanol–water partition coefficient (Wildman–Crippen LogP) is 5.34. The van der Waals surface area contributed by atoms with Crippen LogP contribution in [0.5, 0.6) is 0 Å². The maximum Gasteiger partial charge on any atom is 0.271 e. The van der Waals surface area contributed by atoms with Crippen molar-refractivity contribution >= 4 is 45.4 Å². The number of anilines is 1. The van der Waals surface area contributed by atoms with Crippen molar-refractivity contribution in [3.05, 3.63) is 114 Å². The largest absolute Gasteiger partial charge is 0.337 e. The highest BCUT2D eigenvalue weighted by atomic mass is 19.1. The number of rotatable bonds is 6. The summed E-state index contributed by atoms with van der Waals surface area (Å²) in [5.41, 5.74) is 5.27. The number of carbonyl (C=O) groups excluding carboxylic acids is 2. The van der Waals surface area contributed by atoms with E-state index in [9.17, 15) is 14.0 Å². The van der Waals surface area contributed by atoms with Crippen LogP contribution < -0.4 is 10.7 Å². The smallest absolute Gasteiger partial charge is 0.271 e. The predicted molar refractivity (Wildman–Crippen MR) is 136 cm³/mol. The molecular weight excluding hydrogens is 443 g/mol. The summed E-state index contributed by atoms with van der Waals surface area (Å²) in [5, 5.41) is 9.66. The first kappa shape index (κ1) is 22.0. The molecule has 2 amide bonds. The average Bonchev–Trinajstić information content (AvgIpc) is 3.22. The van der Waals surface area contributed by atoms with E-state index in [-0.39, 0.29) is 24.2 Å². The standard InChI is InChI=1S/C28H21FN4O2/c29-21-12-14-22(15-13-21)31-27(34)18-33-17-20(24-9-3-4-11-26(24)33)16-30-32-28(35)25-10-5-7-19-6-1-2-8-23(19)25/h1-17H,18H2,(H,31,34)(H,32,35)/b30-16-. The van der Waals surface area contributed by atoms with Gasteiger partial charge in [0, 0.05) is 33.9 Å². The summed E-state index contributed by atoms with van der Waals surface area (Å²) in [6.45, 7) is 0.0636. The van der Waals surface area contributed by atoms with E-state index in [2.05, 4.69) is 15.8 Å². The molecule has 0 fully saturated rings. The van der Waals surface area contributed by atoms with Gasteiger partial charge in [0.2, 0.25) is 5.91 Å². The summed E-state index contributed by atoms with van der Waals surface area (Å²) in [5.74, 6) is -0.915. The average molecular weight is 465 g/mol. The Bertz CT molecular complexity index is 1570. The van der Waals surface area contributed by atoms with Crippen molar-refractivity contribution in [2.24, 2.45) is 5.10 Å². The van der Waals surface area contributed by atoms with Crippen molar-refractivity contribution in [2.45, 2.75) is 6.54 Å². The van der Waals surface area contributed by atoms with Crippen LogP contribution in [0.25, 0.3) is 21.7 Å². The van der Waals surface area contributed by atoms with Gasteiger partial charge in [0.1, 0.15) is 12.4 Å². The van der Waals surface area contributed by atoms with Crippen LogP contribution in [0.2, 0.25) is 0 Å². The fourth-order valence-corrected chi connectivity index (χ4v) is 4.04. The zero-order chi connectivity index (χ0) is 24.2. The molecule has 0 radical (unpaired) electrons. The molecule has 0 bridgehead atoms. The van der Waals surface area contributed by atoms with E-state index in [1.165, 1.54) is 24.3 Å². The molecule has 1 aromatic heterocycles. The molecule has 0 saturated carbocycles. The Labute approximate surface area is 200 Å². The van der Waals surface area contributed by atoms with E-state index < -0.39 is 0 Å². The molecule has 35 heavy (non-hydrogen) atoms. The van der Waals surface area contributed by atoms with Crippen LogP contribution in [0.15, 0.2) is 102 Å². The lowest BCUT2D eigenvalue weighted by atomic mass is 10.0. The Morgan fingerprint density at radius 3 is 2.40 bits per heavy atom. The first-order valence-corrected chi connectivity index (χ1v) is 11.0. The highest BCUT2D eigenvalue weighted by molar-refractivity contribution is 6.07. The molecular formula is C28H21FN4O2. The third-order valence-corrected chi connectivity index (χ3v) is 5.67. The lowest BCUT2D eigenvalue weighted by Gasteiger charge is -2.07. The minimum atomic E-state index is -0.365. The minimum Gasteiger partial charge on any atom is -0.337 e. The van der Waals surface area contributed by atoms with Crippen molar-refractivity contribution in [3.63, 3.8) is 0 Å². The lowest BCUT2D eigenvalue weighted by molar-refractivity contribution is -0.116. The molecule has 0 atom stereocenters. The molecule has 0 aliphatic carbocycles. The number of hydrogen-bond acceptors (Lipinski definition) is 3. The molecule has 0 aliphatic heterocycles. The van der Waals surface area contributed by atoms with Crippen molar-refractivity contribution in [1.29, 1.82) is 0 Å². The third kappa shape index (κ3) is 4.79. The van der Waals surface area contributed by atoms with Crippen LogP contribution in [0, 0.1) is 5.82 Å². The SMILES string of the molecule is O=C(Cn1cc(/C=N\NC(=O)c2cccc3ccccc23)c2ccccc21)Nc1ccc(F)cc1. The second-order valence-electron chi connectivity index (χ2n) is 8.01. The Morgan fingerprint density at radius 2 is 1.57 bits per heavy atom. The van der Waals surface area contributed by atoms with E-state index in [0.29, 0.717) is 11.3 Å². The second-order valence-corrected chi connectivity index (χ2v) is 8.01. The van der Waals surface area contributed by atoms with Crippen LogP contribution in [0.4, 0.5) is 10.1 Å². The molecule has 0 unspecified atom stereocenters. The van der Waals surface area contributed by atoms with Crippen LogP contribution in [-0.4, -0.2) is 22.6 Å². The van der Waals surface area contributed by atoms with Gasteiger partial charge in [-0.25, -0.2) is 9.82 Å². The van der Waals surface area contributed by atoms with Crippen molar-refractivity contribution < 1.29 is 14.0 Å². The zero-order valence-electron chi connectivity index (χ0n) is 18.6. The van der Waals surface area contributed by atoms with Crippen LogP contribution in [0.1, 0.15) is 15.9 Å². The van der Waals surface area contributed by atoms with Crippen LogP contribution in [-0.2, 0) is 11.3 Å². The molecule has 0 saturated heterocycles. The van der Waals surface area contributed by atoms with E-state index in [0.717, 1.165) is 27.2 Å². The van der Waals surface area contributed by atoms with E-state index in [1.54, 1.807) is 12.3 Å². The van der Waals surface area contributed by atoms with Crippen LogP contribution in [0.3, 0.4) is 0 Å². The van der Waals surface area contributed by atoms with E-state index >= 15 is 0 Å². The van der Waals surface area contributed by atoms with Crippen molar-refractivity contribution in [3.8, 4) is 0 Å². The van der Waals surface area contributed by atoms with E-state index in [1.807, 2.05) is 71.4 Å². The van der Waals surface area contributed by atoms with Crippen molar-refractivity contribution in [2.75, 3.05) is 5.32 Å². The topological polar surface area (TPSA) is 75.5 Å². The number of nitrogens with zero attached hydrogens (tertiary/aromatic N) is 2. The fraction of sp³-hybridized carbons (Fsp3) is 0.0357. The first-order chi connectivity index (χ1) is 17.1. The molecule has 4 aromatic carbocycles. The van der Waals surface area contributed by atoms with Gasteiger partial charge in [0.05, 0.1) is 6.21 Å². The van der Waals surface area contributed by atoms with Crippen molar-refractivity contribution in [1.82, 2.24) is 9.99 Å². The summed E-state index contributed by atoms with van der Waals surface area (Å²) >= 11 is 0. The van der Waals surface area contributed by atoms with E-state index in [4.69, 9.17) is 0 Å². The summed E-state index contributed by atoms with van der Waals surface area (Å²) in [7, 11) is 0. The molecule has 1 heterocycles. The van der Waals surface area contributed by atoms with Crippen LogP contribution >= 0.6 is 0 Å². The minimum absolute atomic E-state index is 0.0636. The number of nitrogens with one attached hydrogen (secondary N) is 2. The quantitative estimate of drug-likeness (QED) is 0.263. The monoisotopic (exact) mass is 464 g/mol. The number of benzene rings is 4. The highest BCUT2D eigenvalue weighted by Crippen LogP contribution is 2.21. The number of aromatic nitrogens is 1. The third-order valence-electron chi connectivity index (χ3n) is 5.67. The number of amides is 2. The number of carbonyl (C=O) groups is 2. The number of hydrazone groups is 1. The molecule has 2 N–H and O–H groups in total. The van der Waals surface area contributed by atoms with Gasteiger partial charge in [-0.05, 0) is 47.2 Å². The Balaban J connectivity index is 1.33. The van der Waals surface area contributed by atoms with Gasteiger partial charge >= 0.3 is 0 Å². The number of fused-ring (bicyclic) bond motifs is 2. The van der Waals surface area contributed by atoms with Gasteiger partial charge in [-0.15, -0.1) is 0 Å². The highest BCUT2D eigenvalue weighted by Gasteiger charge is 2.12. The summed E-state index contributed by atoms with van der Waals surface area (Å²) in [6, 6.07) is 26.5. The van der Waals surface area contributed by atoms with Gasteiger partial charge < -0.3 is 9.88 Å². The lowest BCUT2D eigenvalue weighted by Crippen LogP contribution is -2.18. The molecule has 7 heteroatoms. The molecule has 5 aromatic rings. The summed E-state index contributed by atoms with van der Waals surface area (Å²) < 4.78 is 14.9. The maximum absolute atomic E-state index is 13.1. The number of hydrogen-bond donors (Lipinski definition) is 2. The molecule has 5 rings (SSSR count). The van der Waals surface area contributed by atoms with Gasteiger partial charge in [-0.3, -0.25) is 9.59 Å².